The molecule has 1 aliphatic heterocycles. The molecule has 0 amide bonds. The zero-order valence-corrected chi connectivity index (χ0v) is 14.7. The summed E-state index contributed by atoms with van der Waals surface area (Å²) in [6.07, 6.45) is 6.57. The molecule has 1 saturated carbocycles. The van der Waals surface area contributed by atoms with Crippen LogP contribution >= 0.6 is 0 Å². The SMILES string of the molecule is CC1=C(CCc2ccoc2)[C@@]2(C)CCC[C@]3(CO)C(=O)O[C@H](C1=O)[C@@H]32. The average Bonchev–Trinajstić information content (AvgIpc) is 3.21. The molecule has 1 saturated heterocycles. The largest absolute Gasteiger partial charge is 0.472 e. The van der Waals surface area contributed by atoms with Gasteiger partial charge in [0.05, 0.1) is 24.5 Å². The maximum atomic E-state index is 12.9. The highest BCUT2D eigenvalue weighted by Crippen LogP contribution is 2.63. The van der Waals surface area contributed by atoms with Crippen molar-refractivity contribution < 1.29 is 23.8 Å². The summed E-state index contributed by atoms with van der Waals surface area (Å²) in [5, 5.41) is 10.1. The predicted molar refractivity (Wildman–Crippen MR) is 89.6 cm³/mol. The first-order valence-electron chi connectivity index (χ1n) is 9.01. The fraction of sp³-hybridized carbons (Fsp3) is 0.600. The number of rotatable bonds is 4. The molecule has 5 nitrogen and oxygen atoms in total. The van der Waals surface area contributed by atoms with Crippen LogP contribution in [0.2, 0.25) is 0 Å². The van der Waals surface area contributed by atoms with Crippen LogP contribution in [0.3, 0.4) is 0 Å². The van der Waals surface area contributed by atoms with Gasteiger partial charge in [0.2, 0.25) is 0 Å². The number of ketones is 1. The van der Waals surface area contributed by atoms with Crippen LogP contribution in [0.15, 0.2) is 34.2 Å². The molecule has 2 aliphatic carbocycles. The molecular weight excluding hydrogens is 320 g/mol. The maximum Gasteiger partial charge on any atom is 0.315 e. The second-order valence-corrected chi connectivity index (χ2v) is 7.99. The minimum absolute atomic E-state index is 0.0877. The molecule has 1 N–H and O–H groups in total. The summed E-state index contributed by atoms with van der Waals surface area (Å²) in [4.78, 5) is 25.5. The number of aliphatic hydroxyl groups excluding tert-OH is 1. The van der Waals surface area contributed by atoms with Gasteiger partial charge in [0, 0.05) is 5.92 Å². The first kappa shape index (κ1) is 16.6. The molecule has 1 aromatic heterocycles. The highest BCUT2D eigenvalue weighted by atomic mass is 16.6. The van der Waals surface area contributed by atoms with Crippen molar-refractivity contribution in [2.75, 3.05) is 6.61 Å². The fourth-order valence-corrected chi connectivity index (χ4v) is 5.60. The molecule has 0 aromatic carbocycles. The number of furan rings is 1. The van der Waals surface area contributed by atoms with Gasteiger partial charge in [-0.25, -0.2) is 0 Å². The number of aryl methyl sites for hydroxylation is 1. The summed E-state index contributed by atoms with van der Waals surface area (Å²) in [6.45, 7) is 3.76. The van der Waals surface area contributed by atoms with Crippen molar-refractivity contribution in [1.82, 2.24) is 0 Å². The molecule has 4 rings (SSSR count). The van der Waals surface area contributed by atoms with Crippen molar-refractivity contribution in [3.05, 3.63) is 35.3 Å². The van der Waals surface area contributed by atoms with E-state index in [0.717, 1.165) is 42.4 Å². The third-order valence-electron chi connectivity index (χ3n) is 6.84. The van der Waals surface area contributed by atoms with E-state index in [0.29, 0.717) is 6.42 Å². The smallest absolute Gasteiger partial charge is 0.315 e. The Balaban J connectivity index is 1.77. The Morgan fingerprint density at radius 3 is 2.76 bits per heavy atom. The predicted octanol–water partition coefficient (Wildman–Crippen LogP) is 2.82. The van der Waals surface area contributed by atoms with Crippen LogP contribution in [0.25, 0.3) is 0 Å². The minimum Gasteiger partial charge on any atom is -0.472 e. The van der Waals surface area contributed by atoms with Gasteiger partial charge in [0.15, 0.2) is 11.9 Å². The normalized spacial score (nSPS) is 37.2. The number of esters is 1. The molecule has 0 unspecified atom stereocenters. The number of hydrogen-bond acceptors (Lipinski definition) is 5. The Morgan fingerprint density at radius 1 is 1.28 bits per heavy atom. The number of Topliss-reactive ketones (excluding diaryl/α,β-unsaturated/α-hetero) is 1. The maximum absolute atomic E-state index is 12.9. The van der Waals surface area contributed by atoms with E-state index in [2.05, 4.69) is 6.92 Å². The molecule has 2 fully saturated rings. The lowest BCUT2D eigenvalue weighted by Crippen LogP contribution is -2.55. The van der Waals surface area contributed by atoms with Gasteiger partial charge in [-0.15, -0.1) is 0 Å². The highest BCUT2D eigenvalue weighted by molar-refractivity contribution is 6.04. The van der Waals surface area contributed by atoms with Gasteiger partial charge in [0.25, 0.3) is 0 Å². The third-order valence-corrected chi connectivity index (χ3v) is 6.84. The van der Waals surface area contributed by atoms with Crippen molar-refractivity contribution >= 4 is 11.8 Å². The van der Waals surface area contributed by atoms with E-state index in [1.807, 2.05) is 13.0 Å². The van der Waals surface area contributed by atoms with Crippen LogP contribution in [-0.2, 0) is 20.7 Å². The van der Waals surface area contributed by atoms with E-state index in [1.165, 1.54) is 0 Å². The molecule has 4 atom stereocenters. The van der Waals surface area contributed by atoms with Gasteiger partial charge >= 0.3 is 5.97 Å². The first-order valence-corrected chi connectivity index (χ1v) is 9.01. The number of aliphatic hydroxyl groups is 1. The van der Waals surface area contributed by atoms with Crippen LogP contribution in [0.4, 0.5) is 0 Å². The molecule has 5 heteroatoms. The van der Waals surface area contributed by atoms with E-state index >= 15 is 0 Å². The summed E-state index contributed by atoms with van der Waals surface area (Å²) in [6, 6.07) is 1.94. The molecule has 2 heterocycles. The standard InChI is InChI=1S/C20H24O5/c1-12-14(5-4-13-6-9-24-10-13)19(2)7-3-8-20(11-21)17(19)16(15(12)22)25-18(20)23/h6,9-10,16-17,21H,3-5,7-8,11H2,1-2H3/t16-,17-,19-,20-/m1/s1. The second-order valence-electron chi connectivity index (χ2n) is 7.99. The number of hydrogen-bond donors (Lipinski definition) is 1. The Bertz CT molecular complexity index is 746. The van der Waals surface area contributed by atoms with Crippen LogP contribution < -0.4 is 0 Å². The average molecular weight is 344 g/mol. The number of carbonyl (C=O) groups is 2. The summed E-state index contributed by atoms with van der Waals surface area (Å²) in [5.41, 5.74) is 1.74. The van der Waals surface area contributed by atoms with Crippen LogP contribution in [0.5, 0.6) is 0 Å². The number of ether oxygens (including phenoxy) is 1. The highest BCUT2D eigenvalue weighted by Gasteiger charge is 2.68. The quantitative estimate of drug-likeness (QED) is 0.850. The zero-order valence-electron chi connectivity index (χ0n) is 14.7. The topological polar surface area (TPSA) is 76.7 Å². The summed E-state index contributed by atoms with van der Waals surface area (Å²) < 4.78 is 10.7. The van der Waals surface area contributed by atoms with E-state index in [9.17, 15) is 14.7 Å². The van der Waals surface area contributed by atoms with Gasteiger partial charge in [-0.2, -0.15) is 0 Å². The van der Waals surface area contributed by atoms with Gasteiger partial charge in [-0.05, 0) is 55.2 Å². The second kappa shape index (κ2) is 5.56. The van der Waals surface area contributed by atoms with E-state index < -0.39 is 17.5 Å². The molecule has 0 bridgehead atoms. The van der Waals surface area contributed by atoms with Gasteiger partial charge in [-0.3, -0.25) is 9.59 Å². The van der Waals surface area contributed by atoms with Crippen molar-refractivity contribution in [3.8, 4) is 0 Å². The van der Waals surface area contributed by atoms with E-state index in [-0.39, 0.29) is 23.7 Å². The van der Waals surface area contributed by atoms with E-state index in [4.69, 9.17) is 9.15 Å². The fourth-order valence-electron chi connectivity index (χ4n) is 5.60. The van der Waals surface area contributed by atoms with Gasteiger partial charge in [-0.1, -0.05) is 18.9 Å². The molecule has 0 radical (unpaired) electrons. The first-order chi connectivity index (χ1) is 11.9. The molecular formula is C20H24O5. The van der Waals surface area contributed by atoms with Crippen LogP contribution in [0, 0.1) is 16.7 Å². The Labute approximate surface area is 147 Å². The lowest BCUT2D eigenvalue weighted by atomic mass is 9.49. The molecule has 0 spiro atoms. The van der Waals surface area contributed by atoms with Gasteiger partial charge in [0.1, 0.15) is 0 Å². The van der Waals surface area contributed by atoms with E-state index in [1.54, 1.807) is 12.5 Å². The summed E-state index contributed by atoms with van der Waals surface area (Å²) in [7, 11) is 0. The number of carbonyl (C=O) groups excluding carboxylic acids is 2. The Kier molecular flexibility index (Phi) is 3.69. The molecule has 1 aromatic rings. The molecule has 3 aliphatic rings. The summed E-state index contributed by atoms with van der Waals surface area (Å²) in [5.74, 6) is -0.745. The lowest BCUT2D eigenvalue weighted by molar-refractivity contribution is -0.153. The van der Waals surface area contributed by atoms with Crippen molar-refractivity contribution in [3.63, 3.8) is 0 Å². The molecule has 25 heavy (non-hydrogen) atoms. The summed E-state index contributed by atoms with van der Waals surface area (Å²) >= 11 is 0. The Hall–Kier alpha value is -1.88. The lowest BCUT2D eigenvalue weighted by Gasteiger charge is -2.52. The van der Waals surface area contributed by atoms with Crippen LogP contribution in [-0.4, -0.2) is 29.6 Å². The molecule has 134 valence electrons. The van der Waals surface area contributed by atoms with Crippen molar-refractivity contribution in [2.45, 2.75) is 52.1 Å². The van der Waals surface area contributed by atoms with Crippen molar-refractivity contribution in [1.29, 1.82) is 0 Å². The zero-order chi connectivity index (χ0) is 17.8. The van der Waals surface area contributed by atoms with Crippen molar-refractivity contribution in [2.24, 2.45) is 16.7 Å². The Morgan fingerprint density at radius 2 is 2.08 bits per heavy atom. The number of allylic oxidation sites excluding steroid dienone is 1. The minimum atomic E-state index is -0.922. The monoisotopic (exact) mass is 344 g/mol. The van der Waals surface area contributed by atoms with Gasteiger partial charge < -0.3 is 14.3 Å². The third kappa shape index (κ3) is 2.11. The van der Waals surface area contributed by atoms with Crippen LogP contribution in [0.1, 0.15) is 45.1 Å².